The fourth-order valence-electron chi connectivity index (χ4n) is 2.52. The zero-order valence-corrected chi connectivity index (χ0v) is 14.5. The van der Waals surface area contributed by atoms with E-state index in [1.165, 1.54) is 6.33 Å². The van der Waals surface area contributed by atoms with E-state index in [-0.39, 0.29) is 11.5 Å². The third kappa shape index (κ3) is 4.46. The fourth-order valence-corrected chi connectivity index (χ4v) is 2.52. The Morgan fingerprint density at radius 2 is 1.74 bits per heavy atom. The molecule has 3 rings (SSSR count). The van der Waals surface area contributed by atoms with Gasteiger partial charge in [0.05, 0.1) is 12.8 Å². The van der Waals surface area contributed by atoms with E-state index in [9.17, 15) is 13.2 Å². The van der Waals surface area contributed by atoms with Gasteiger partial charge < -0.3 is 15.4 Å². The topological polar surface area (TPSA) is 59.1 Å². The van der Waals surface area contributed by atoms with Crippen LogP contribution in [0.1, 0.15) is 5.56 Å². The quantitative estimate of drug-likeness (QED) is 0.604. The van der Waals surface area contributed by atoms with Crippen molar-refractivity contribution in [1.29, 1.82) is 0 Å². The molecular weight excluding hydrogens is 357 g/mol. The number of aromatic nitrogens is 2. The smallest absolute Gasteiger partial charge is 0.196 e. The number of benzene rings is 2. The number of halogens is 3. The minimum atomic E-state index is -1.54. The van der Waals surface area contributed by atoms with Crippen LogP contribution in [-0.2, 0) is 6.42 Å². The van der Waals surface area contributed by atoms with Crippen molar-refractivity contribution in [3.63, 3.8) is 0 Å². The van der Waals surface area contributed by atoms with Crippen LogP contribution in [0.4, 0.5) is 30.5 Å². The molecule has 2 N–H and O–H groups in total. The minimum absolute atomic E-state index is 0.215. The van der Waals surface area contributed by atoms with Crippen molar-refractivity contribution in [1.82, 2.24) is 9.97 Å². The lowest BCUT2D eigenvalue weighted by Gasteiger charge is -2.11. The normalized spacial score (nSPS) is 10.5. The van der Waals surface area contributed by atoms with Gasteiger partial charge in [-0.1, -0.05) is 18.2 Å². The fraction of sp³-hybridized carbons (Fsp3) is 0.158. The highest BCUT2D eigenvalue weighted by Gasteiger charge is 2.14. The van der Waals surface area contributed by atoms with Gasteiger partial charge in [-0.25, -0.2) is 23.1 Å². The van der Waals surface area contributed by atoms with Crippen molar-refractivity contribution in [2.75, 3.05) is 24.3 Å². The van der Waals surface area contributed by atoms with Gasteiger partial charge in [0, 0.05) is 12.6 Å². The molecule has 0 fully saturated rings. The molecule has 0 saturated carbocycles. The Kier molecular flexibility index (Phi) is 5.75. The van der Waals surface area contributed by atoms with Crippen LogP contribution in [0.2, 0.25) is 0 Å². The van der Waals surface area contributed by atoms with E-state index in [4.69, 9.17) is 4.74 Å². The molecule has 1 aromatic heterocycles. The number of hydrogen-bond acceptors (Lipinski definition) is 5. The molecule has 0 aliphatic carbocycles. The lowest BCUT2D eigenvalue weighted by Crippen LogP contribution is -2.08. The van der Waals surface area contributed by atoms with E-state index in [2.05, 4.69) is 20.6 Å². The summed E-state index contributed by atoms with van der Waals surface area (Å²) in [6, 6.07) is 11.2. The number of rotatable bonds is 7. The van der Waals surface area contributed by atoms with Crippen LogP contribution in [0.3, 0.4) is 0 Å². The summed E-state index contributed by atoms with van der Waals surface area (Å²) in [5.74, 6) is -2.54. The summed E-state index contributed by atoms with van der Waals surface area (Å²) in [7, 11) is 1.62. The van der Waals surface area contributed by atoms with E-state index in [0.717, 1.165) is 23.4 Å². The first-order valence-electron chi connectivity index (χ1n) is 8.17. The number of hydrogen-bond donors (Lipinski definition) is 2. The summed E-state index contributed by atoms with van der Waals surface area (Å²) in [5, 5.41) is 5.75. The van der Waals surface area contributed by atoms with Gasteiger partial charge in [0.25, 0.3) is 0 Å². The number of nitrogens with one attached hydrogen (secondary N) is 2. The van der Waals surface area contributed by atoms with Gasteiger partial charge >= 0.3 is 0 Å². The Labute approximate surface area is 154 Å². The molecular formula is C19H17F3N4O. The van der Waals surface area contributed by atoms with Crippen LogP contribution in [0.25, 0.3) is 0 Å². The SMILES string of the molecule is COc1ccccc1CCNc1cc(Nc2ccc(F)c(F)c2F)ncn1. The van der Waals surface area contributed by atoms with Crippen LogP contribution in [-0.4, -0.2) is 23.6 Å². The van der Waals surface area contributed by atoms with Crippen LogP contribution in [0.5, 0.6) is 5.75 Å². The van der Waals surface area contributed by atoms with Gasteiger partial charge in [-0.15, -0.1) is 0 Å². The Hall–Kier alpha value is -3.29. The molecule has 2 aromatic carbocycles. The number of nitrogens with zero attached hydrogens (tertiary/aromatic N) is 2. The zero-order chi connectivity index (χ0) is 19.2. The van der Waals surface area contributed by atoms with Crippen molar-refractivity contribution in [2.45, 2.75) is 6.42 Å². The molecule has 0 amide bonds. The summed E-state index contributed by atoms with van der Waals surface area (Å²) in [6.45, 7) is 0.580. The third-order valence-corrected chi connectivity index (χ3v) is 3.86. The molecule has 0 spiro atoms. The summed E-state index contributed by atoms with van der Waals surface area (Å²) in [5.41, 5.74) is 0.830. The summed E-state index contributed by atoms with van der Waals surface area (Å²) in [4.78, 5) is 8.04. The molecule has 0 aliphatic rings. The summed E-state index contributed by atoms with van der Waals surface area (Å²) in [6.07, 6.45) is 1.99. The molecule has 0 aliphatic heterocycles. The summed E-state index contributed by atoms with van der Waals surface area (Å²) >= 11 is 0. The molecule has 0 radical (unpaired) electrons. The van der Waals surface area contributed by atoms with Crippen molar-refractivity contribution in [2.24, 2.45) is 0 Å². The predicted molar refractivity (Wildman–Crippen MR) is 96.8 cm³/mol. The first kappa shape index (κ1) is 18.5. The third-order valence-electron chi connectivity index (χ3n) is 3.86. The maximum atomic E-state index is 13.8. The largest absolute Gasteiger partial charge is 0.496 e. The Morgan fingerprint density at radius 1 is 0.963 bits per heavy atom. The number of ether oxygens (including phenoxy) is 1. The molecule has 5 nitrogen and oxygen atoms in total. The molecule has 1 heterocycles. The van der Waals surface area contributed by atoms with Crippen molar-refractivity contribution in [3.05, 3.63) is 71.8 Å². The van der Waals surface area contributed by atoms with Gasteiger partial charge in [0.2, 0.25) is 0 Å². The first-order valence-corrected chi connectivity index (χ1v) is 8.17. The summed E-state index contributed by atoms with van der Waals surface area (Å²) < 4.78 is 45.4. The first-order chi connectivity index (χ1) is 13.1. The lowest BCUT2D eigenvalue weighted by molar-refractivity contribution is 0.410. The van der Waals surface area contributed by atoms with Gasteiger partial charge in [0.1, 0.15) is 23.7 Å². The Bertz CT molecular complexity index is 937. The molecule has 0 bridgehead atoms. The van der Waals surface area contributed by atoms with E-state index >= 15 is 0 Å². The average Bonchev–Trinajstić information content (AvgIpc) is 2.69. The molecule has 140 valence electrons. The average molecular weight is 374 g/mol. The van der Waals surface area contributed by atoms with E-state index in [0.29, 0.717) is 18.8 Å². The van der Waals surface area contributed by atoms with Crippen molar-refractivity contribution < 1.29 is 17.9 Å². The zero-order valence-electron chi connectivity index (χ0n) is 14.5. The Morgan fingerprint density at radius 3 is 2.56 bits per heavy atom. The maximum Gasteiger partial charge on any atom is 0.196 e. The van der Waals surface area contributed by atoms with E-state index in [1.54, 1.807) is 13.2 Å². The monoisotopic (exact) mass is 374 g/mol. The predicted octanol–water partition coefficient (Wildman–Crippen LogP) is 4.30. The van der Waals surface area contributed by atoms with Crippen LogP contribution < -0.4 is 15.4 Å². The molecule has 0 atom stereocenters. The van der Waals surface area contributed by atoms with Crippen LogP contribution in [0.15, 0.2) is 48.8 Å². The molecule has 27 heavy (non-hydrogen) atoms. The van der Waals surface area contributed by atoms with Crippen molar-refractivity contribution >= 4 is 17.3 Å². The Balaban J connectivity index is 1.65. The van der Waals surface area contributed by atoms with Crippen molar-refractivity contribution in [3.8, 4) is 5.75 Å². The molecule has 0 saturated heterocycles. The number of anilines is 3. The van der Waals surface area contributed by atoms with Gasteiger partial charge in [-0.2, -0.15) is 0 Å². The highest BCUT2D eigenvalue weighted by Crippen LogP contribution is 2.23. The van der Waals surface area contributed by atoms with Crippen LogP contribution in [0, 0.1) is 17.5 Å². The second-order valence-electron chi connectivity index (χ2n) is 5.63. The lowest BCUT2D eigenvalue weighted by atomic mass is 10.1. The van der Waals surface area contributed by atoms with E-state index < -0.39 is 17.5 Å². The second-order valence-corrected chi connectivity index (χ2v) is 5.63. The minimum Gasteiger partial charge on any atom is -0.496 e. The second kappa shape index (κ2) is 8.39. The molecule has 8 heteroatoms. The molecule has 0 unspecified atom stereocenters. The van der Waals surface area contributed by atoms with Gasteiger partial charge in [-0.3, -0.25) is 0 Å². The van der Waals surface area contributed by atoms with Gasteiger partial charge in [0.15, 0.2) is 17.5 Å². The van der Waals surface area contributed by atoms with Gasteiger partial charge in [-0.05, 0) is 30.2 Å². The maximum absolute atomic E-state index is 13.8. The number of methoxy groups -OCH3 is 1. The standard InChI is InChI=1S/C19H17F3N4O/c1-27-15-5-3-2-4-12(15)8-9-23-16-10-17(25-11-24-16)26-14-7-6-13(20)18(21)19(14)22/h2-7,10-11H,8-9H2,1H3,(H2,23,24,25,26). The van der Waals surface area contributed by atoms with E-state index in [1.807, 2.05) is 24.3 Å². The molecule has 3 aromatic rings. The van der Waals surface area contributed by atoms with Crippen LogP contribution >= 0.6 is 0 Å². The highest BCUT2D eigenvalue weighted by molar-refractivity contribution is 5.59. The highest BCUT2D eigenvalue weighted by atomic mass is 19.2. The number of para-hydroxylation sites is 1.